The maximum atomic E-state index is 14.0. The summed E-state index contributed by atoms with van der Waals surface area (Å²) in [5, 5.41) is 27.3. The number of carbonyl (C=O) groups is 3. The Balaban J connectivity index is 1.25. The van der Waals surface area contributed by atoms with Crippen molar-refractivity contribution in [3.63, 3.8) is 0 Å². The molecule has 52 heavy (non-hydrogen) atoms. The first-order valence-corrected chi connectivity index (χ1v) is 17.1. The highest BCUT2D eigenvalue weighted by Crippen LogP contribution is 2.36. The molecule has 0 bridgehead atoms. The molecule has 2 heterocycles. The van der Waals surface area contributed by atoms with E-state index in [1.807, 2.05) is 35.2 Å². The zero-order valence-electron chi connectivity index (χ0n) is 28.3. The number of hydrogen-bond acceptors (Lipinski definition) is 6. The number of nitrogens with zero attached hydrogens (tertiary/aromatic N) is 3. The second kappa shape index (κ2) is 15.4. The maximum Gasteiger partial charge on any atom is 0.417 e. The minimum absolute atomic E-state index is 0.0426. The van der Waals surface area contributed by atoms with Crippen molar-refractivity contribution in [1.82, 2.24) is 15.1 Å². The molecule has 0 radical (unpaired) electrons. The van der Waals surface area contributed by atoms with E-state index in [9.17, 15) is 37.9 Å². The topological polar surface area (TPSA) is 126 Å². The fraction of sp³-hybridized carbons (Fsp3) is 0.300. The van der Waals surface area contributed by atoms with Gasteiger partial charge in [-0.05, 0) is 72.0 Å². The van der Waals surface area contributed by atoms with Gasteiger partial charge in [0.05, 0.1) is 17.2 Å². The molecule has 4 aromatic carbocycles. The van der Waals surface area contributed by atoms with Crippen molar-refractivity contribution < 1.29 is 32.7 Å². The molecule has 9 nitrogen and oxygen atoms in total. The normalized spacial score (nSPS) is 16.4. The van der Waals surface area contributed by atoms with Crippen LogP contribution in [-0.4, -0.2) is 77.5 Å². The Morgan fingerprint density at radius 3 is 2.06 bits per heavy atom. The first-order valence-electron chi connectivity index (χ1n) is 17.1. The van der Waals surface area contributed by atoms with Crippen molar-refractivity contribution in [2.24, 2.45) is 5.92 Å². The van der Waals surface area contributed by atoms with Gasteiger partial charge in [0.15, 0.2) is 0 Å². The molecule has 2 fully saturated rings. The molecule has 2 aliphatic heterocycles. The number of hydrogen-bond donors (Lipinski definition) is 3. The van der Waals surface area contributed by atoms with E-state index in [1.165, 1.54) is 12.1 Å². The summed E-state index contributed by atoms with van der Waals surface area (Å²) in [6, 6.07) is 27.7. The Morgan fingerprint density at radius 2 is 1.42 bits per heavy atom. The van der Waals surface area contributed by atoms with Crippen molar-refractivity contribution in [3.05, 3.63) is 125 Å². The summed E-state index contributed by atoms with van der Waals surface area (Å²) in [6.07, 6.45) is -4.46. The van der Waals surface area contributed by atoms with Gasteiger partial charge in [0, 0.05) is 68.4 Å². The molecule has 2 saturated heterocycles. The van der Waals surface area contributed by atoms with E-state index in [2.05, 4.69) is 10.6 Å². The van der Waals surface area contributed by atoms with Crippen LogP contribution in [0.4, 0.5) is 18.9 Å². The molecular weight excluding hydrogens is 671 g/mol. The quantitative estimate of drug-likeness (QED) is 0.214. The predicted octanol–water partition coefficient (Wildman–Crippen LogP) is 5.75. The summed E-state index contributed by atoms with van der Waals surface area (Å²) < 4.78 is 41.2. The second-order valence-corrected chi connectivity index (χ2v) is 13.2. The van der Waals surface area contributed by atoms with Gasteiger partial charge >= 0.3 is 6.18 Å². The monoisotopic (exact) mass is 709 g/mol. The van der Waals surface area contributed by atoms with Gasteiger partial charge in [-0.15, -0.1) is 0 Å². The predicted molar refractivity (Wildman–Crippen MR) is 189 cm³/mol. The molecule has 0 aromatic heterocycles. The Bertz CT molecular complexity index is 1970. The van der Waals surface area contributed by atoms with E-state index in [4.69, 9.17) is 0 Å². The van der Waals surface area contributed by atoms with Gasteiger partial charge in [-0.2, -0.15) is 18.4 Å². The average Bonchev–Trinajstić information content (AvgIpc) is 3.17. The van der Waals surface area contributed by atoms with E-state index in [0.29, 0.717) is 35.8 Å². The summed E-state index contributed by atoms with van der Waals surface area (Å²) in [4.78, 5) is 43.6. The Morgan fingerprint density at radius 1 is 0.788 bits per heavy atom. The smallest absolute Gasteiger partial charge is 0.379 e. The zero-order valence-corrected chi connectivity index (χ0v) is 28.3. The molecular formula is C40H38F3N5O4. The Labute approximate surface area is 299 Å². The van der Waals surface area contributed by atoms with Crippen LogP contribution >= 0.6 is 0 Å². The van der Waals surface area contributed by atoms with Crippen molar-refractivity contribution in [2.75, 3.05) is 44.6 Å². The highest BCUT2D eigenvalue weighted by molar-refractivity contribution is 5.98. The van der Waals surface area contributed by atoms with Crippen LogP contribution in [0.15, 0.2) is 97.1 Å². The molecule has 6 rings (SSSR count). The van der Waals surface area contributed by atoms with Crippen LogP contribution in [0.25, 0.3) is 11.1 Å². The average molecular weight is 710 g/mol. The number of piperidine rings is 1. The molecule has 0 spiro atoms. The SMILES string of the molecule is N#Cc1ccc(NC(=O)C(O)(Cc2cccc(-c3ccc(C(=O)N4CCNCC4)cc3)c2)C2CCN(C(=O)c3ccccc3)CC2)cc1C(F)(F)F. The lowest BCUT2D eigenvalue weighted by Crippen LogP contribution is -2.54. The molecule has 4 aromatic rings. The minimum atomic E-state index is -4.84. The highest BCUT2D eigenvalue weighted by Gasteiger charge is 2.46. The van der Waals surface area contributed by atoms with Crippen LogP contribution in [0.3, 0.4) is 0 Å². The largest absolute Gasteiger partial charge is 0.417 e. The first-order chi connectivity index (χ1) is 25.0. The lowest BCUT2D eigenvalue weighted by atomic mass is 9.75. The summed E-state index contributed by atoms with van der Waals surface area (Å²) in [5.41, 5.74) is -0.776. The van der Waals surface area contributed by atoms with Gasteiger partial charge in [-0.1, -0.05) is 54.6 Å². The van der Waals surface area contributed by atoms with Crippen molar-refractivity contribution in [2.45, 2.75) is 31.0 Å². The van der Waals surface area contributed by atoms with E-state index in [1.54, 1.807) is 53.4 Å². The van der Waals surface area contributed by atoms with Crippen molar-refractivity contribution in [1.29, 1.82) is 5.26 Å². The summed E-state index contributed by atoms with van der Waals surface area (Å²) in [7, 11) is 0. The standard InChI is InChI=1S/C40H38F3N5O4/c41-40(42,43)35-24-34(14-13-32(35)26-44)46-38(51)39(52,33-15-19-47(20-16-33)36(49)29-6-2-1-3-7-29)25-27-5-4-8-31(23-27)28-9-11-30(12-10-28)37(50)48-21-17-45-18-22-48/h1-14,23-24,33,45,52H,15-22,25H2,(H,46,51). The van der Waals surface area contributed by atoms with Gasteiger partial charge in [-0.25, -0.2) is 0 Å². The molecule has 268 valence electrons. The van der Waals surface area contributed by atoms with Crippen LogP contribution < -0.4 is 10.6 Å². The fourth-order valence-corrected chi connectivity index (χ4v) is 6.95. The number of likely N-dealkylation sites (tertiary alicyclic amines) is 1. The molecule has 0 aliphatic carbocycles. The number of nitrogens with one attached hydrogen (secondary N) is 2. The lowest BCUT2D eigenvalue weighted by molar-refractivity contribution is -0.142. The third-order valence-electron chi connectivity index (χ3n) is 9.84. The molecule has 3 N–H and O–H groups in total. The molecule has 0 saturated carbocycles. The van der Waals surface area contributed by atoms with Crippen LogP contribution in [-0.2, 0) is 17.4 Å². The number of alkyl halides is 3. The van der Waals surface area contributed by atoms with E-state index < -0.39 is 34.7 Å². The van der Waals surface area contributed by atoms with Crippen LogP contribution in [0, 0.1) is 17.2 Å². The van der Waals surface area contributed by atoms with Gasteiger partial charge in [-0.3, -0.25) is 14.4 Å². The fourth-order valence-electron chi connectivity index (χ4n) is 6.95. The van der Waals surface area contributed by atoms with Gasteiger partial charge in [0.1, 0.15) is 5.60 Å². The number of nitriles is 1. The van der Waals surface area contributed by atoms with E-state index >= 15 is 0 Å². The minimum Gasteiger partial charge on any atom is -0.379 e. The van der Waals surface area contributed by atoms with Crippen molar-refractivity contribution >= 4 is 23.4 Å². The van der Waals surface area contributed by atoms with Crippen LogP contribution in [0.1, 0.15) is 50.2 Å². The van der Waals surface area contributed by atoms with Crippen molar-refractivity contribution in [3.8, 4) is 17.2 Å². The number of carbonyl (C=O) groups excluding carboxylic acids is 3. The third-order valence-corrected chi connectivity index (χ3v) is 9.84. The molecule has 1 unspecified atom stereocenters. The van der Waals surface area contributed by atoms with E-state index in [-0.39, 0.29) is 49.9 Å². The second-order valence-electron chi connectivity index (χ2n) is 13.2. The number of amides is 3. The number of anilines is 1. The summed E-state index contributed by atoms with van der Waals surface area (Å²) >= 11 is 0. The molecule has 12 heteroatoms. The number of aliphatic hydroxyl groups is 1. The number of piperazine rings is 1. The Kier molecular flexibility index (Phi) is 10.7. The van der Waals surface area contributed by atoms with Gasteiger partial charge < -0.3 is 25.5 Å². The maximum absolute atomic E-state index is 14.0. The van der Waals surface area contributed by atoms with Crippen LogP contribution in [0.2, 0.25) is 0 Å². The number of halogens is 3. The van der Waals surface area contributed by atoms with Gasteiger partial charge in [0.2, 0.25) is 0 Å². The van der Waals surface area contributed by atoms with Gasteiger partial charge in [0.25, 0.3) is 17.7 Å². The van der Waals surface area contributed by atoms with E-state index in [0.717, 1.165) is 30.3 Å². The first kappa shape index (κ1) is 36.3. The summed E-state index contributed by atoms with van der Waals surface area (Å²) in [6.45, 7) is 3.29. The number of benzene rings is 4. The zero-order chi connectivity index (χ0) is 36.9. The van der Waals surface area contributed by atoms with Crippen LogP contribution in [0.5, 0.6) is 0 Å². The highest BCUT2D eigenvalue weighted by atomic mass is 19.4. The molecule has 2 aliphatic rings. The Hall–Kier alpha value is -5.51. The third kappa shape index (κ3) is 8.01. The molecule has 1 atom stereocenters. The molecule has 3 amide bonds. The lowest BCUT2D eigenvalue weighted by Gasteiger charge is -2.40. The summed E-state index contributed by atoms with van der Waals surface area (Å²) in [5.74, 6) is -1.75. The number of rotatable bonds is 8.